The Labute approximate surface area is 310 Å². The predicted octanol–water partition coefficient (Wildman–Crippen LogP) is 9.42. The van der Waals surface area contributed by atoms with E-state index < -0.39 is 39.6 Å². The lowest BCUT2D eigenvalue weighted by molar-refractivity contribution is -0.145. The number of hydrogen-bond acceptors (Lipinski definition) is 10. The molecule has 0 aliphatic rings. The standard InChI is InChI=1S/C35H35BrF4N4O6SSi/c1-34(2,3)52(4,5)50-24-10-11-25(48-18-23-12-14-41-33(44-23)47-15-13-35(38,39)40)21(16-24)17-26(32(45)46)49-30-27-28(36)29(51-31(27)43-19-42-30)20-6-8-22(37)9-7-20/h6-12,14,16,19,26H,13,15,17-18H2,1-5H3,(H,45,46). The molecule has 3 aromatic heterocycles. The van der Waals surface area contributed by atoms with Gasteiger partial charge in [0, 0.05) is 18.2 Å². The van der Waals surface area contributed by atoms with E-state index in [0.29, 0.717) is 37.4 Å². The zero-order chi connectivity index (χ0) is 37.8. The molecule has 0 aliphatic carbocycles. The lowest BCUT2D eigenvalue weighted by Crippen LogP contribution is -2.43. The number of aliphatic carboxylic acids is 1. The van der Waals surface area contributed by atoms with Gasteiger partial charge in [-0.2, -0.15) is 18.2 Å². The first-order valence-electron chi connectivity index (χ1n) is 15.9. The molecule has 1 atom stereocenters. The largest absolute Gasteiger partial charge is 0.543 e. The number of halogens is 5. The van der Waals surface area contributed by atoms with Gasteiger partial charge in [0.25, 0.3) is 0 Å². The zero-order valence-electron chi connectivity index (χ0n) is 28.8. The maximum atomic E-state index is 13.6. The summed E-state index contributed by atoms with van der Waals surface area (Å²) in [6.45, 7) is 9.70. The Hall–Kier alpha value is -4.35. The Morgan fingerprint density at radius 2 is 1.75 bits per heavy atom. The maximum Gasteiger partial charge on any atom is 0.392 e. The van der Waals surface area contributed by atoms with Crippen LogP contribution in [0.25, 0.3) is 20.7 Å². The van der Waals surface area contributed by atoms with E-state index in [1.54, 1.807) is 30.3 Å². The van der Waals surface area contributed by atoms with Crippen molar-refractivity contribution in [2.24, 2.45) is 0 Å². The van der Waals surface area contributed by atoms with Crippen LogP contribution in [0.3, 0.4) is 0 Å². The van der Waals surface area contributed by atoms with Gasteiger partial charge in [-0.1, -0.05) is 32.9 Å². The van der Waals surface area contributed by atoms with Gasteiger partial charge >= 0.3 is 18.2 Å². The smallest absolute Gasteiger partial charge is 0.392 e. The van der Waals surface area contributed by atoms with E-state index in [2.05, 4.69) is 69.7 Å². The van der Waals surface area contributed by atoms with Gasteiger partial charge in [-0.3, -0.25) is 0 Å². The molecule has 5 rings (SSSR count). The highest BCUT2D eigenvalue weighted by atomic mass is 79.9. The fourth-order valence-electron chi connectivity index (χ4n) is 4.57. The van der Waals surface area contributed by atoms with Crippen molar-refractivity contribution in [3.8, 4) is 33.8 Å². The SMILES string of the molecule is CC(C)(C)[Si](C)(C)Oc1ccc(OCc2ccnc(OCCC(F)(F)F)n2)c(CC(Oc2ncnc3sc(-c4ccc(F)cc4)c(Br)c23)C(=O)O)c1. The number of hydrogen-bond donors (Lipinski definition) is 1. The van der Waals surface area contributed by atoms with Crippen molar-refractivity contribution in [2.45, 2.75) is 70.6 Å². The van der Waals surface area contributed by atoms with Crippen LogP contribution in [0.1, 0.15) is 38.4 Å². The first kappa shape index (κ1) is 38.9. The summed E-state index contributed by atoms with van der Waals surface area (Å²) in [7, 11) is -2.31. The molecule has 276 valence electrons. The van der Waals surface area contributed by atoms with Crippen molar-refractivity contribution < 1.29 is 46.1 Å². The van der Waals surface area contributed by atoms with E-state index in [1.165, 1.54) is 42.1 Å². The Morgan fingerprint density at radius 1 is 1.02 bits per heavy atom. The van der Waals surface area contributed by atoms with Gasteiger partial charge in [0.2, 0.25) is 20.3 Å². The van der Waals surface area contributed by atoms with Crippen LogP contribution in [-0.4, -0.2) is 58.2 Å². The van der Waals surface area contributed by atoms with E-state index in [1.807, 2.05) is 0 Å². The third-order valence-corrected chi connectivity index (χ3v) is 14.9. The number of thiophene rings is 1. The van der Waals surface area contributed by atoms with Crippen molar-refractivity contribution in [1.29, 1.82) is 0 Å². The van der Waals surface area contributed by atoms with E-state index in [0.717, 1.165) is 10.4 Å². The molecular weight excluding hydrogens is 788 g/mol. The number of ether oxygens (including phenoxy) is 3. The first-order valence-corrected chi connectivity index (χ1v) is 20.5. The molecule has 0 spiro atoms. The van der Waals surface area contributed by atoms with Crippen molar-refractivity contribution in [1.82, 2.24) is 19.9 Å². The molecule has 0 saturated carbocycles. The molecule has 5 aromatic rings. The van der Waals surface area contributed by atoms with Crippen LogP contribution in [0.4, 0.5) is 17.6 Å². The van der Waals surface area contributed by atoms with Gasteiger partial charge in [-0.15, -0.1) is 11.3 Å². The lowest BCUT2D eigenvalue weighted by atomic mass is 10.1. The third-order valence-electron chi connectivity index (χ3n) is 8.33. The molecule has 0 bridgehead atoms. The quantitative estimate of drug-likeness (QED) is 0.0856. The second-order valence-electron chi connectivity index (χ2n) is 13.2. The summed E-state index contributed by atoms with van der Waals surface area (Å²) in [6.07, 6.45) is -4.55. The molecule has 10 nitrogen and oxygen atoms in total. The summed E-state index contributed by atoms with van der Waals surface area (Å²) in [6, 6.07) is 12.3. The van der Waals surface area contributed by atoms with Crippen molar-refractivity contribution in [3.05, 3.63) is 82.6 Å². The van der Waals surface area contributed by atoms with Crippen LogP contribution >= 0.6 is 27.3 Å². The predicted molar refractivity (Wildman–Crippen MR) is 193 cm³/mol. The molecule has 2 aromatic carbocycles. The molecule has 17 heteroatoms. The van der Waals surface area contributed by atoms with E-state index >= 15 is 0 Å². The van der Waals surface area contributed by atoms with Gasteiger partial charge in [-0.25, -0.2) is 24.1 Å². The summed E-state index contributed by atoms with van der Waals surface area (Å²) in [5, 5.41) is 10.7. The fraction of sp³-hybridized carbons (Fsp3) is 0.343. The minimum Gasteiger partial charge on any atom is -0.543 e. The van der Waals surface area contributed by atoms with Crippen LogP contribution in [0, 0.1) is 5.82 Å². The first-order chi connectivity index (χ1) is 24.4. The second-order valence-corrected chi connectivity index (χ2v) is 19.7. The number of rotatable bonds is 14. The highest BCUT2D eigenvalue weighted by Crippen LogP contribution is 2.45. The molecule has 0 radical (unpaired) electrons. The van der Waals surface area contributed by atoms with E-state index in [4.69, 9.17) is 18.6 Å². The van der Waals surface area contributed by atoms with Crippen LogP contribution in [0.5, 0.6) is 23.4 Å². The summed E-state index contributed by atoms with van der Waals surface area (Å²) >= 11 is 4.90. The molecule has 0 saturated heterocycles. The highest BCUT2D eigenvalue weighted by molar-refractivity contribution is 9.10. The molecule has 52 heavy (non-hydrogen) atoms. The molecule has 0 amide bonds. The summed E-state index contributed by atoms with van der Waals surface area (Å²) in [5.41, 5.74) is 1.49. The Morgan fingerprint density at radius 3 is 2.42 bits per heavy atom. The van der Waals surface area contributed by atoms with Crippen LogP contribution < -0.4 is 18.6 Å². The minimum atomic E-state index is -4.39. The second kappa shape index (κ2) is 15.7. The molecular formula is C35H35BrF4N4O6SSi. The molecule has 1 unspecified atom stereocenters. The average molecular weight is 824 g/mol. The molecule has 0 fully saturated rings. The number of aromatic nitrogens is 4. The van der Waals surface area contributed by atoms with Crippen molar-refractivity contribution >= 4 is 51.8 Å². The van der Waals surface area contributed by atoms with Crippen LogP contribution in [-0.2, 0) is 17.8 Å². The van der Waals surface area contributed by atoms with E-state index in [9.17, 15) is 27.5 Å². The molecule has 3 heterocycles. The summed E-state index contributed by atoms with van der Waals surface area (Å²) in [5.74, 6) is -0.793. The normalized spacial score (nSPS) is 12.8. The number of benzene rings is 2. The topological polar surface area (TPSA) is 126 Å². The number of carbonyl (C=O) groups is 1. The third kappa shape index (κ3) is 9.74. The van der Waals surface area contributed by atoms with Crippen LogP contribution in [0.2, 0.25) is 18.1 Å². The minimum absolute atomic E-state index is 0.0315. The lowest BCUT2D eigenvalue weighted by Gasteiger charge is -2.36. The number of nitrogens with zero attached hydrogens (tertiary/aromatic N) is 4. The van der Waals surface area contributed by atoms with Gasteiger partial charge < -0.3 is 23.7 Å². The number of alkyl halides is 3. The average Bonchev–Trinajstić information content (AvgIpc) is 3.40. The summed E-state index contributed by atoms with van der Waals surface area (Å²) in [4.78, 5) is 30.6. The van der Waals surface area contributed by atoms with Gasteiger partial charge in [0.15, 0.2) is 0 Å². The van der Waals surface area contributed by atoms with Crippen LogP contribution in [0.15, 0.2) is 65.5 Å². The van der Waals surface area contributed by atoms with Crippen molar-refractivity contribution in [3.63, 3.8) is 0 Å². The van der Waals surface area contributed by atoms with E-state index in [-0.39, 0.29) is 35.8 Å². The fourth-order valence-corrected chi connectivity index (χ4v) is 7.58. The van der Waals surface area contributed by atoms with Gasteiger partial charge in [-0.05, 0) is 76.0 Å². The van der Waals surface area contributed by atoms with Gasteiger partial charge in [0.1, 0.15) is 41.7 Å². The number of carboxylic acid groups (broad SMARTS) is 1. The molecule has 0 aliphatic heterocycles. The Balaban J connectivity index is 1.44. The summed E-state index contributed by atoms with van der Waals surface area (Å²) < 4.78 is 75.7. The Kier molecular flexibility index (Phi) is 11.7. The van der Waals surface area contributed by atoms with Gasteiger partial charge in [0.05, 0.1) is 26.9 Å². The maximum absolute atomic E-state index is 13.6. The highest BCUT2D eigenvalue weighted by Gasteiger charge is 2.39. The monoisotopic (exact) mass is 822 g/mol. The van der Waals surface area contributed by atoms with Crippen molar-refractivity contribution in [2.75, 3.05) is 6.61 Å². The molecule has 1 N–H and O–H groups in total. The zero-order valence-corrected chi connectivity index (χ0v) is 32.2. The number of fused-ring (bicyclic) bond motifs is 1. The number of carboxylic acids is 1. The Bertz CT molecular complexity index is 2040.